The molecule has 8 heteroatoms. The van der Waals surface area contributed by atoms with Gasteiger partial charge >= 0.3 is 0 Å². The van der Waals surface area contributed by atoms with E-state index in [1.807, 2.05) is 13.8 Å². The fourth-order valence-electron chi connectivity index (χ4n) is 3.72. The predicted octanol–water partition coefficient (Wildman–Crippen LogP) is 5.69. The van der Waals surface area contributed by atoms with Gasteiger partial charge in [-0.25, -0.2) is 8.42 Å². The SMILES string of the molecule is Cc1ccc(S(=O)(=O)N2c3ccc(C(=O)Nc4cc(Cl)ccc4Cl)cc3C[C@H]2C)cc1. The van der Waals surface area contributed by atoms with Crippen LogP contribution in [0.2, 0.25) is 10.0 Å². The molecule has 0 unspecified atom stereocenters. The number of rotatable bonds is 4. The van der Waals surface area contributed by atoms with Gasteiger partial charge < -0.3 is 5.32 Å². The van der Waals surface area contributed by atoms with E-state index in [1.165, 1.54) is 4.31 Å². The summed E-state index contributed by atoms with van der Waals surface area (Å²) in [5.74, 6) is -0.348. The van der Waals surface area contributed by atoms with Crippen LogP contribution in [-0.2, 0) is 16.4 Å². The van der Waals surface area contributed by atoms with E-state index in [0.717, 1.165) is 11.1 Å². The Bertz CT molecular complexity index is 1270. The van der Waals surface area contributed by atoms with E-state index in [4.69, 9.17) is 23.2 Å². The zero-order valence-electron chi connectivity index (χ0n) is 16.9. The lowest BCUT2D eigenvalue weighted by molar-refractivity contribution is 0.102. The molecule has 1 heterocycles. The first-order chi connectivity index (χ1) is 14.7. The highest BCUT2D eigenvalue weighted by atomic mass is 35.5. The molecule has 0 bridgehead atoms. The summed E-state index contributed by atoms with van der Waals surface area (Å²) in [7, 11) is -3.71. The Morgan fingerprint density at radius 2 is 1.74 bits per heavy atom. The molecule has 1 aliphatic heterocycles. The molecule has 0 spiro atoms. The standard InChI is InChI=1S/C23H20Cl2N2O3S/c1-14-3-7-19(8-4-14)31(29,30)27-15(2)11-17-12-16(5-10-22(17)27)23(28)26-21-13-18(24)6-9-20(21)25/h3-10,12-13,15H,11H2,1-2H3,(H,26,28)/t15-/m1/s1. The summed E-state index contributed by atoms with van der Waals surface area (Å²) in [6, 6.07) is 16.4. The highest BCUT2D eigenvalue weighted by molar-refractivity contribution is 7.92. The molecule has 3 aromatic rings. The lowest BCUT2D eigenvalue weighted by Gasteiger charge is -2.24. The maximum absolute atomic E-state index is 13.3. The van der Waals surface area contributed by atoms with Crippen molar-refractivity contribution in [2.45, 2.75) is 31.2 Å². The molecule has 1 aliphatic rings. The van der Waals surface area contributed by atoms with Gasteiger partial charge in [-0.05, 0) is 74.4 Å². The van der Waals surface area contributed by atoms with Crippen LogP contribution in [0.1, 0.15) is 28.4 Å². The van der Waals surface area contributed by atoms with Gasteiger partial charge in [-0.2, -0.15) is 0 Å². The fraction of sp³-hybridized carbons (Fsp3) is 0.174. The predicted molar refractivity (Wildman–Crippen MR) is 125 cm³/mol. The molecule has 5 nitrogen and oxygen atoms in total. The minimum atomic E-state index is -3.71. The highest BCUT2D eigenvalue weighted by Crippen LogP contribution is 2.37. The van der Waals surface area contributed by atoms with E-state index in [2.05, 4.69) is 5.32 Å². The molecule has 0 aromatic heterocycles. The minimum absolute atomic E-state index is 0.246. The van der Waals surface area contributed by atoms with Crippen LogP contribution in [0.3, 0.4) is 0 Å². The average Bonchev–Trinajstić information content (AvgIpc) is 3.06. The second-order valence-electron chi connectivity index (χ2n) is 7.59. The molecule has 1 N–H and O–H groups in total. The van der Waals surface area contributed by atoms with Crippen molar-refractivity contribution in [1.29, 1.82) is 0 Å². The molecule has 31 heavy (non-hydrogen) atoms. The first kappa shape index (κ1) is 21.7. The molecular weight excluding hydrogens is 455 g/mol. The van der Waals surface area contributed by atoms with Crippen molar-refractivity contribution in [2.75, 3.05) is 9.62 Å². The van der Waals surface area contributed by atoms with Crippen LogP contribution in [0.5, 0.6) is 0 Å². The molecule has 0 fully saturated rings. The number of hydrogen-bond acceptors (Lipinski definition) is 3. The van der Waals surface area contributed by atoms with Gasteiger partial charge in [0, 0.05) is 16.6 Å². The van der Waals surface area contributed by atoms with E-state index in [1.54, 1.807) is 60.7 Å². The Balaban J connectivity index is 1.64. The molecular formula is C23H20Cl2N2O3S. The number of fused-ring (bicyclic) bond motifs is 1. The number of halogens is 2. The third kappa shape index (κ3) is 4.15. The second kappa shape index (κ2) is 8.19. The molecule has 0 saturated heterocycles. The van der Waals surface area contributed by atoms with Gasteiger partial charge in [-0.1, -0.05) is 40.9 Å². The van der Waals surface area contributed by atoms with Crippen molar-refractivity contribution in [3.05, 3.63) is 87.4 Å². The highest BCUT2D eigenvalue weighted by Gasteiger charge is 2.36. The van der Waals surface area contributed by atoms with Crippen LogP contribution >= 0.6 is 23.2 Å². The number of hydrogen-bond donors (Lipinski definition) is 1. The number of benzene rings is 3. The number of amides is 1. The Hall–Kier alpha value is -2.54. The average molecular weight is 475 g/mol. The molecule has 0 aliphatic carbocycles. The molecule has 4 rings (SSSR count). The number of sulfonamides is 1. The number of carbonyl (C=O) groups is 1. The summed E-state index contributed by atoms with van der Waals surface area (Å²) in [5, 5.41) is 3.59. The summed E-state index contributed by atoms with van der Waals surface area (Å²) in [6.07, 6.45) is 0.513. The van der Waals surface area contributed by atoms with Gasteiger partial charge in [0.05, 0.1) is 21.3 Å². The van der Waals surface area contributed by atoms with Gasteiger partial charge in [0.15, 0.2) is 0 Å². The maximum Gasteiger partial charge on any atom is 0.264 e. The lowest BCUT2D eigenvalue weighted by Crippen LogP contribution is -2.35. The van der Waals surface area contributed by atoms with Gasteiger partial charge in [0.2, 0.25) is 0 Å². The summed E-state index contributed by atoms with van der Waals surface area (Å²) < 4.78 is 28.0. The monoisotopic (exact) mass is 474 g/mol. The summed E-state index contributed by atoms with van der Waals surface area (Å²) >= 11 is 12.1. The van der Waals surface area contributed by atoms with Crippen LogP contribution in [0.4, 0.5) is 11.4 Å². The van der Waals surface area contributed by atoms with Crippen molar-refractivity contribution in [3.63, 3.8) is 0 Å². The van der Waals surface area contributed by atoms with E-state index < -0.39 is 10.0 Å². The lowest BCUT2D eigenvalue weighted by atomic mass is 10.1. The van der Waals surface area contributed by atoms with E-state index in [9.17, 15) is 13.2 Å². The van der Waals surface area contributed by atoms with E-state index in [0.29, 0.717) is 33.4 Å². The first-order valence-electron chi connectivity index (χ1n) is 9.67. The third-order valence-electron chi connectivity index (χ3n) is 5.25. The molecule has 0 radical (unpaired) electrons. The normalized spacial score (nSPS) is 15.6. The van der Waals surface area contributed by atoms with Crippen LogP contribution < -0.4 is 9.62 Å². The van der Waals surface area contributed by atoms with E-state index >= 15 is 0 Å². The van der Waals surface area contributed by atoms with Crippen molar-refractivity contribution in [1.82, 2.24) is 0 Å². The Kier molecular flexibility index (Phi) is 5.73. The maximum atomic E-state index is 13.3. The molecule has 0 saturated carbocycles. The minimum Gasteiger partial charge on any atom is -0.321 e. The Morgan fingerprint density at radius 1 is 1.03 bits per heavy atom. The summed E-state index contributed by atoms with van der Waals surface area (Å²) in [5.41, 5.74) is 3.20. The topological polar surface area (TPSA) is 66.5 Å². The molecule has 1 amide bonds. The van der Waals surface area contributed by atoms with Crippen molar-refractivity contribution in [2.24, 2.45) is 0 Å². The number of carbonyl (C=O) groups excluding carboxylic acids is 1. The summed E-state index contributed by atoms with van der Waals surface area (Å²) in [6.45, 7) is 3.77. The quantitative estimate of drug-likeness (QED) is 0.527. The van der Waals surface area contributed by atoms with Gasteiger partial charge in [0.1, 0.15) is 0 Å². The van der Waals surface area contributed by atoms with Gasteiger partial charge in [-0.3, -0.25) is 9.10 Å². The zero-order valence-corrected chi connectivity index (χ0v) is 19.2. The summed E-state index contributed by atoms with van der Waals surface area (Å²) in [4.78, 5) is 13.0. The molecule has 3 aromatic carbocycles. The van der Waals surface area contributed by atoms with Crippen LogP contribution in [0.25, 0.3) is 0 Å². The van der Waals surface area contributed by atoms with Crippen molar-refractivity contribution in [3.8, 4) is 0 Å². The fourth-order valence-corrected chi connectivity index (χ4v) is 5.75. The van der Waals surface area contributed by atoms with Gasteiger partial charge in [0.25, 0.3) is 15.9 Å². The smallest absolute Gasteiger partial charge is 0.264 e. The van der Waals surface area contributed by atoms with Gasteiger partial charge in [-0.15, -0.1) is 0 Å². The zero-order chi connectivity index (χ0) is 22.3. The third-order valence-corrected chi connectivity index (χ3v) is 7.76. The van der Waals surface area contributed by atoms with Crippen molar-refractivity contribution < 1.29 is 13.2 Å². The van der Waals surface area contributed by atoms with Crippen LogP contribution in [-0.4, -0.2) is 20.4 Å². The van der Waals surface area contributed by atoms with Crippen LogP contribution in [0, 0.1) is 6.92 Å². The molecule has 160 valence electrons. The Morgan fingerprint density at radius 3 is 2.45 bits per heavy atom. The second-order valence-corrected chi connectivity index (χ2v) is 10.2. The van der Waals surface area contributed by atoms with Crippen molar-refractivity contribution >= 4 is 50.5 Å². The number of aryl methyl sites for hydroxylation is 1. The first-order valence-corrected chi connectivity index (χ1v) is 11.9. The molecule has 1 atom stereocenters. The van der Waals surface area contributed by atoms with Crippen LogP contribution in [0.15, 0.2) is 65.6 Å². The number of nitrogens with zero attached hydrogens (tertiary/aromatic N) is 1. The Labute approximate surface area is 191 Å². The number of anilines is 2. The largest absolute Gasteiger partial charge is 0.321 e. The van der Waals surface area contributed by atoms with E-state index in [-0.39, 0.29) is 16.8 Å². The number of nitrogens with one attached hydrogen (secondary N) is 1.